The quantitative estimate of drug-likeness (QED) is 0.586. The van der Waals surface area contributed by atoms with Gasteiger partial charge in [-0.15, -0.1) is 0 Å². The van der Waals surface area contributed by atoms with Crippen LogP contribution in [0.5, 0.6) is 0 Å². The van der Waals surface area contributed by atoms with Crippen LogP contribution in [0.4, 0.5) is 0 Å². The number of amides is 1. The van der Waals surface area contributed by atoms with Gasteiger partial charge in [0, 0.05) is 18.7 Å². The Hall–Kier alpha value is -2.82. The monoisotopic (exact) mass is 393 g/mol. The SMILES string of the molecule is O=C(/C(=C\c1ccc(-c2ccccc2Cl)o1)c1ccccc1)N1CCOCC1. The topological polar surface area (TPSA) is 42.7 Å². The summed E-state index contributed by atoms with van der Waals surface area (Å²) >= 11 is 6.27. The molecule has 0 bridgehead atoms. The number of hydrogen-bond acceptors (Lipinski definition) is 3. The molecule has 0 atom stereocenters. The molecule has 0 unspecified atom stereocenters. The predicted molar refractivity (Wildman–Crippen MR) is 111 cm³/mol. The number of nitrogens with zero attached hydrogens (tertiary/aromatic N) is 1. The van der Waals surface area contributed by atoms with E-state index < -0.39 is 0 Å². The van der Waals surface area contributed by atoms with Crippen molar-refractivity contribution in [3.63, 3.8) is 0 Å². The number of rotatable bonds is 4. The fourth-order valence-electron chi connectivity index (χ4n) is 3.20. The van der Waals surface area contributed by atoms with Gasteiger partial charge in [0.1, 0.15) is 11.5 Å². The fraction of sp³-hybridized carbons (Fsp3) is 0.174. The Labute approximate surface area is 169 Å². The molecule has 0 aliphatic carbocycles. The van der Waals surface area contributed by atoms with Gasteiger partial charge in [-0.05, 0) is 35.9 Å². The summed E-state index contributed by atoms with van der Waals surface area (Å²) in [6.07, 6.45) is 1.80. The van der Waals surface area contributed by atoms with Crippen molar-refractivity contribution in [3.05, 3.63) is 83.1 Å². The van der Waals surface area contributed by atoms with E-state index in [-0.39, 0.29) is 5.91 Å². The Balaban J connectivity index is 1.70. The van der Waals surface area contributed by atoms with E-state index in [0.717, 1.165) is 11.1 Å². The van der Waals surface area contributed by atoms with Gasteiger partial charge < -0.3 is 14.1 Å². The van der Waals surface area contributed by atoms with Crippen molar-refractivity contribution in [3.8, 4) is 11.3 Å². The zero-order valence-electron chi connectivity index (χ0n) is 15.3. The molecule has 5 heteroatoms. The summed E-state index contributed by atoms with van der Waals surface area (Å²) < 4.78 is 11.4. The molecule has 0 saturated carbocycles. The maximum absolute atomic E-state index is 13.2. The number of benzene rings is 2. The van der Waals surface area contributed by atoms with Crippen molar-refractivity contribution >= 4 is 29.2 Å². The van der Waals surface area contributed by atoms with Crippen molar-refractivity contribution in [1.29, 1.82) is 0 Å². The third kappa shape index (κ3) is 4.03. The van der Waals surface area contributed by atoms with Gasteiger partial charge in [0.05, 0.1) is 23.8 Å². The standard InChI is InChI=1S/C23H20ClNO3/c24-21-9-5-4-8-19(21)22-11-10-18(28-22)16-20(17-6-2-1-3-7-17)23(26)25-12-14-27-15-13-25/h1-11,16H,12-15H2/b20-16-. The fourth-order valence-corrected chi connectivity index (χ4v) is 3.43. The van der Waals surface area contributed by atoms with Crippen molar-refractivity contribution < 1.29 is 13.9 Å². The average molecular weight is 394 g/mol. The third-order valence-corrected chi connectivity index (χ3v) is 5.00. The minimum Gasteiger partial charge on any atom is -0.457 e. The molecular formula is C23H20ClNO3. The summed E-state index contributed by atoms with van der Waals surface area (Å²) in [4.78, 5) is 15.0. The van der Waals surface area contributed by atoms with Gasteiger partial charge >= 0.3 is 0 Å². The molecule has 28 heavy (non-hydrogen) atoms. The van der Waals surface area contributed by atoms with Crippen molar-refractivity contribution in [2.24, 2.45) is 0 Å². The van der Waals surface area contributed by atoms with Crippen LogP contribution >= 0.6 is 11.6 Å². The van der Waals surface area contributed by atoms with E-state index >= 15 is 0 Å². The van der Waals surface area contributed by atoms with Gasteiger partial charge in [0.2, 0.25) is 0 Å². The number of carbonyl (C=O) groups is 1. The highest BCUT2D eigenvalue weighted by atomic mass is 35.5. The van der Waals surface area contributed by atoms with Crippen molar-refractivity contribution in [2.45, 2.75) is 0 Å². The molecule has 0 spiro atoms. The molecular weight excluding hydrogens is 374 g/mol. The van der Waals surface area contributed by atoms with Crippen LogP contribution in [-0.4, -0.2) is 37.1 Å². The Bertz CT molecular complexity index is 988. The highest BCUT2D eigenvalue weighted by molar-refractivity contribution is 6.33. The lowest BCUT2D eigenvalue weighted by Gasteiger charge is -2.27. The summed E-state index contributed by atoms with van der Waals surface area (Å²) in [5.74, 6) is 1.25. The lowest BCUT2D eigenvalue weighted by Crippen LogP contribution is -2.41. The van der Waals surface area contributed by atoms with Crippen LogP contribution in [0, 0.1) is 0 Å². The van der Waals surface area contributed by atoms with Gasteiger partial charge in [-0.3, -0.25) is 4.79 Å². The molecule has 4 nitrogen and oxygen atoms in total. The highest BCUT2D eigenvalue weighted by Crippen LogP contribution is 2.30. The summed E-state index contributed by atoms with van der Waals surface area (Å²) in [5.41, 5.74) is 2.28. The average Bonchev–Trinajstić information content (AvgIpc) is 3.21. The molecule has 1 aliphatic rings. The van der Waals surface area contributed by atoms with E-state index in [1.807, 2.05) is 71.6 Å². The normalized spacial score (nSPS) is 14.9. The zero-order chi connectivity index (χ0) is 19.3. The Morgan fingerprint density at radius 1 is 0.929 bits per heavy atom. The first kappa shape index (κ1) is 18.5. The molecule has 2 aromatic carbocycles. The van der Waals surface area contributed by atoms with Gasteiger partial charge in [-0.1, -0.05) is 54.1 Å². The summed E-state index contributed by atoms with van der Waals surface area (Å²) in [6.45, 7) is 2.30. The summed E-state index contributed by atoms with van der Waals surface area (Å²) in [6, 6.07) is 20.9. The largest absolute Gasteiger partial charge is 0.457 e. The molecule has 4 rings (SSSR count). The first-order valence-corrected chi connectivity index (χ1v) is 9.59. The van der Waals surface area contributed by atoms with Gasteiger partial charge in [0.25, 0.3) is 5.91 Å². The van der Waals surface area contributed by atoms with Gasteiger partial charge in [-0.25, -0.2) is 0 Å². The second-order valence-electron chi connectivity index (χ2n) is 6.51. The van der Waals surface area contributed by atoms with Crippen LogP contribution in [0.2, 0.25) is 5.02 Å². The first-order chi connectivity index (χ1) is 13.7. The zero-order valence-corrected chi connectivity index (χ0v) is 16.1. The molecule has 142 valence electrons. The van der Waals surface area contributed by atoms with E-state index in [0.29, 0.717) is 48.4 Å². The van der Waals surface area contributed by atoms with E-state index in [2.05, 4.69) is 0 Å². The van der Waals surface area contributed by atoms with Crippen LogP contribution in [-0.2, 0) is 9.53 Å². The Morgan fingerprint density at radius 2 is 1.64 bits per heavy atom. The minimum atomic E-state index is -0.0230. The first-order valence-electron chi connectivity index (χ1n) is 9.21. The molecule has 1 aliphatic heterocycles. The molecule has 1 aromatic heterocycles. The molecule has 0 radical (unpaired) electrons. The van der Waals surface area contributed by atoms with E-state index in [1.54, 1.807) is 6.08 Å². The predicted octanol–water partition coefficient (Wildman–Crippen LogP) is 5.00. The maximum atomic E-state index is 13.2. The van der Waals surface area contributed by atoms with Gasteiger partial charge in [0.15, 0.2) is 0 Å². The third-order valence-electron chi connectivity index (χ3n) is 4.67. The van der Waals surface area contributed by atoms with E-state index in [9.17, 15) is 4.79 Å². The lowest BCUT2D eigenvalue weighted by atomic mass is 10.0. The Kier molecular flexibility index (Phi) is 5.60. The smallest absolute Gasteiger partial charge is 0.254 e. The molecule has 1 fully saturated rings. The highest BCUT2D eigenvalue weighted by Gasteiger charge is 2.22. The van der Waals surface area contributed by atoms with Crippen LogP contribution in [0.15, 0.2) is 71.1 Å². The number of furan rings is 1. The second kappa shape index (κ2) is 8.46. The number of halogens is 1. The second-order valence-corrected chi connectivity index (χ2v) is 6.92. The van der Waals surface area contributed by atoms with Gasteiger partial charge in [-0.2, -0.15) is 0 Å². The molecule has 0 N–H and O–H groups in total. The minimum absolute atomic E-state index is 0.0230. The summed E-state index contributed by atoms with van der Waals surface area (Å²) in [5, 5.41) is 0.625. The number of hydrogen-bond donors (Lipinski definition) is 0. The molecule has 3 aromatic rings. The Morgan fingerprint density at radius 3 is 2.39 bits per heavy atom. The van der Waals surface area contributed by atoms with E-state index in [1.165, 1.54) is 0 Å². The molecule has 1 amide bonds. The number of ether oxygens (including phenoxy) is 1. The molecule has 2 heterocycles. The summed E-state index contributed by atoms with van der Waals surface area (Å²) in [7, 11) is 0. The van der Waals surface area contributed by atoms with Crippen LogP contribution in [0.1, 0.15) is 11.3 Å². The number of carbonyl (C=O) groups excluding carboxylic acids is 1. The van der Waals surface area contributed by atoms with E-state index in [4.69, 9.17) is 20.8 Å². The maximum Gasteiger partial charge on any atom is 0.254 e. The van der Waals surface area contributed by atoms with Crippen LogP contribution in [0.25, 0.3) is 23.0 Å². The lowest BCUT2D eigenvalue weighted by molar-refractivity contribution is -0.128. The van der Waals surface area contributed by atoms with Crippen molar-refractivity contribution in [1.82, 2.24) is 4.90 Å². The molecule has 1 saturated heterocycles. The van der Waals surface area contributed by atoms with Crippen LogP contribution < -0.4 is 0 Å². The van der Waals surface area contributed by atoms with Crippen molar-refractivity contribution in [2.75, 3.05) is 26.3 Å². The number of morpholine rings is 1. The van der Waals surface area contributed by atoms with Crippen LogP contribution in [0.3, 0.4) is 0 Å².